The highest BCUT2D eigenvalue weighted by Gasteiger charge is 2.20. The monoisotopic (exact) mass is 300 g/mol. The van der Waals surface area contributed by atoms with Gasteiger partial charge in [-0.15, -0.1) is 0 Å². The summed E-state index contributed by atoms with van der Waals surface area (Å²) in [5, 5.41) is 0. The quantitative estimate of drug-likeness (QED) is 0.921. The third kappa shape index (κ3) is 3.25. The summed E-state index contributed by atoms with van der Waals surface area (Å²) in [6, 6.07) is 8.32. The SMILES string of the molecule is CCOc1ccccc1N1CCN(Cc2nc[nH]c2C)CC1. The van der Waals surface area contributed by atoms with Crippen LogP contribution in [0.5, 0.6) is 5.75 Å². The average molecular weight is 300 g/mol. The van der Waals surface area contributed by atoms with Crippen LogP contribution in [0.1, 0.15) is 18.3 Å². The molecule has 0 amide bonds. The molecule has 0 saturated carbocycles. The lowest BCUT2D eigenvalue weighted by molar-refractivity contribution is 0.245. The van der Waals surface area contributed by atoms with Gasteiger partial charge in [0, 0.05) is 38.4 Å². The van der Waals surface area contributed by atoms with E-state index in [9.17, 15) is 0 Å². The smallest absolute Gasteiger partial charge is 0.142 e. The number of piperazine rings is 1. The highest BCUT2D eigenvalue weighted by Crippen LogP contribution is 2.28. The molecule has 1 aliphatic rings. The third-order valence-electron chi connectivity index (χ3n) is 4.19. The largest absolute Gasteiger partial charge is 0.492 e. The molecule has 1 aliphatic heterocycles. The van der Waals surface area contributed by atoms with Crippen LogP contribution in [0.4, 0.5) is 5.69 Å². The van der Waals surface area contributed by atoms with Gasteiger partial charge in [0.25, 0.3) is 0 Å². The molecule has 5 nitrogen and oxygen atoms in total. The number of benzene rings is 1. The summed E-state index contributed by atoms with van der Waals surface area (Å²) < 4.78 is 5.75. The van der Waals surface area contributed by atoms with E-state index in [4.69, 9.17) is 4.74 Å². The van der Waals surface area contributed by atoms with Crippen molar-refractivity contribution in [2.75, 3.05) is 37.7 Å². The van der Waals surface area contributed by atoms with Crippen LogP contribution in [-0.2, 0) is 6.54 Å². The molecule has 1 aromatic carbocycles. The number of imidazole rings is 1. The van der Waals surface area contributed by atoms with E-state index >= 15 is 0 Å². The highest BCUT2D eigenvalue weighted by molar-refractivity contribution is 5.58. The summed E-state index contributed by atoms with van der Waals surface area (Å²) in [6.45, 7) is 9.88. The number of anilines is 1. The number of H-pyrrole nitrogens is 1. The summed E-state index contributed by atoms with van der Waals surface area (Å²) in [5.74, 6) is 0.988. The van der Waals surface area contributed by atoms with Crippen LogP contribution >= 0.6 is 0 Å². The fourth-order valence-corrected chi connectivity index (χ4v) is 2.90. The molecule has 0 atom stereocenters. The summed E-state index contributed by atoms with van der Waals surface area (Å²) in [4.78, 5) is 12.4. The topological polar surface area (TPSA) is 44.4 Å². The summed E-state index contributed by atoms with van der Waals surface area (Å²) in [5.41, 5.74) is 3.53. The van der Waals surface area contributed by atoms with Crippen molar-refractivity contribution in [3.05, 3.63) is 42.0 Å². The van der Waals surface area contributed by atoms with E-state index in [-0.39, 0.29) is 0 Å². The van der Waals surface area contributed by atoms with E-state index in [1.165, 1.54) is 11.4 Å². The molecule has 1 N–H and O–H groups in total. The van der Waals surface area contributed by atoms with Crippen LogP contribution in [0.2, 0.25) is 0 Å². The van der Waals surface area contributed by atoms with Gasteiger partial charge in [-0.05, 0) is 26.0 Å². The Bertz CT molecular complexity index is 602. The van der Waals surface area contributed by atoms with Crippen LogP contribution in [0.3, 0.4) is 0 Å². The second-order valence-electron chi connectivity index (χ2n) is 5.64. The Labute approximate surface area is 131 Å². The zero-order valence-electron chi connectivity index (χ0n) is 13.4. The average Bonchev–Trinajstić information content (AvgIpc) is 2.94. The molecule has 1 fully saturated rings. The molecular weight excluding hydrogens is 276 g/mol. The first-order valence-corrected chi connectivity index (χ1v) is 7.96. The van der Waals surface area contributed by atoms with E-state index in [0.717, 1.165) is 44.2 Å². The lowest BCUT2D eigenvalue weighted by atomic mass is 10.2. The zero-order valence-corrected chi connectivity index (χ0v) is 13.4. The zero-order chi connectivity index (χ0) is 15.4. The maximum absolute atomic E-state index is 5.75. The lowest BCUT2D eigenvalue weighted by Gasteiger charge is -2.36. The predicted octanol–water partition coefficient (Wildman–Crippen LogP) is 2.44. The molecule has 2 heterocycles. The van der Waals surface area contributed by atoms with Crippen LogP contribution in [0.15, 0.2) is 30.6 Å². The molecule has 3 rings (SSSR count). The van der Waals surface area contributed by atoms with Crippen LogP contribution in [-0.4, -0.2) is 47.7 Å². The predicted molar refractivity (Wildman–Crippen MR) is 88.4 cm³/mol. The van der Waals surface area contributed by atoms with E-state index in [0.29, 0.717) is 6.61 Å². The number of aromatic nitrogens is 2. The van der Waals surface area contributed by atoms with Crippen molar-refractivity contribution >= 4 is 5.69 Å². The first kappa shape index (κ1) is 14.9. The molecule has 0 aliphatic carbocycles. The van der Waals surface area contributed by atoms with Gasteiger partial charge in [-0.2, -0.15) is 0 Å². The molecule has 0 unspecified atom stereocenters. The number of hydrogen-bond donors (Lipinski definition) is 1. The maximum atomic E-state index is 5.75. The van der Waals surface area contributed by atoms with Crippen molar-refractivity contribution < 1.29 is 4.74 Å². The molecule has 0 spiro atoms. The van der Waals surface area contributed by atoms with Crippen molar-refractivity contribution in [1.82, 2.24) is 14.9 Å². The van der Waals surface area contributed by atoms with Crippen molar-refractivity contribution in [3.8, 4) is 5.75 Å². The van der Waals surface area contributed by atoms with E-state index in [2.05, 4.69) is 44.9 Å². The number of nitrogens with zero attached hydrogens (tertiary/aromatic N) is 3. The normalized spacial score (nSPS) is 16.0. The van der Waals surface area contributed by atoms with Crippen LogP contribution in [0.25, 0.3) is 0 Å². The van der Waals surface area contributed by atoms with Gasteiger partial charge in [-0.25, -0.2) is 4.98 Å². The minimum absolute atomic E-state index is 0.704. The van der Waals surface area contributed by atoms with Gasteiger partial charge in [-0.3, -0.25) is 4.90 Å². The Morgan fingerprint density at radius 3 is 2.64 bits per heavy atom. The fraction of sp³-hybridized carbons (Fsp3) is 0.471. The Balaban J connectivity index is 1.61. The van der Waals surface area contributed by atoms with Crippen LogP contribution < -0.4 is 9.64 Å². The Kier molecular flexibility index (Phi) is 4.63. The number of ether oxygens (including phenoxy) is 1. The maximum Gasteiger partial charge on any atom is 0.142 e. The molecule has 0 bridgehead atoms. The Morgan fingerprint density at radius 1 is 1.18 bits per heavy atom. The number of aryl methyl sites for hydroxylation is 1. The standard InChI is InChI=1S/C17H24N4O/c1-3-22-17-7-5-4-6-16(17)21-10-8-20(9-11-21)12-15-14(2)18-13-19-15/h4-7,13H,3,8-12H2,1-2H3,(H,18,19). The van der Waals surface area contributed by atoms with Crippen molar-refractivity contribution in [1.29, 1.82) is 0 Å². The second-order valence-corrected chi connectivity index (χ2v) is 5.64. The van der Waals surface area contributed by atoms with Crippen molar-refractivity contribution in [3.63, 3.8) is 0 Å². The number of aromatic amines is 1. The van der Waals surface area contributed by atoms with E-state index in [1.807, 2.05) is 13.0 Å². The van der Waals surface area contributed by atoms with Gasteiger partial charge in [0.15, 0.2) is 0 Å². The molecule has 22 heavy (non-hydrogen) atoms. The van der Waals surface area contributed by atoms with E-state index < -0.39 is 0 Å². The molecular formula is C17H24N4O. The molecule has 118 valence electrons. The Morgan fingerprint density at radius 2 is 1.95 bits per heavy atom. The third-order valence-corrected chi connectivity index (χ3v) is 4.19. The first-order valence-electron chi connectivity index (χ1n) is 7.96. The lowest BCUT2D eigenvalue weighted by Crippen LogP contribution is -2.46. The summed E-state index contributed by atoms with van der Waals surface area (Å²) in [7, 11) is 0. The Hall–Kier alpha value is -2.01. The van der Waals surface area contributed by atoms with Crippen LogP contribution in [0, 0.1) is 6.92 Å². The summed E-state index contributed by atoms with van der Waals surface area (Å²) >= 11 is 0. The minimum Gasteiger partial charge on any atom is -0.492 e. The molecule has 0 radical (unpaired) electrons. The number of nitrogens with one attached hydrogen (secondary N) is 1. The summed E-state index contributed by atoms with van der Waals surface area (Å²) in [6.07, 6.45) is 1.78. The second kappa shape index (κ2) is 6.83. The number of para-hydroxylation sites is 2. The molecule has 1 aromatic heterocycles. The number of rotatable bonds is 5. The fourth-order valence-electron chi connectivity index (χ4n) is 2.90. The van der Waals surface area contributed by atoms with Crippen molar-refractivity contribution in [2.24, 2.45) is 0 Å². The van der Waals surface area contributed by atoms with Crippen molar-refractivity contribution in [2.45, 2.75) is 20.4 Å². The van der Waals surface area contributed by atoms with E-state index in [1.54, 1.807) is 6.33 Å². The number of hydrogen-bond acceptors (Lipinski definition) is 4. The molecule has 2 aromatic rings. The van der Waals surface area contributed by atoms with Gasteiger partial charge in [-0.1, -0.05) is 12.1 Å². The van der Waals surface area contributed by atoms with Gasteiger partial charge >= 0.3 is 0 Å². The van der Waals surface area contributed by atoms with Gasteiger partial charge in [0.05, 0.1) is 24.3 Å². The van der Waals surface area contributed by atoms with Gasteiger partial charge < -0.3 is 14.6 Å². The minimum atomic E-state index is 0.704. The first-order chi connectivity index (χ1) is 10.8. The van der Waals surface area contributed by atoms with Gasteiger partial charge in [0.2, 0.25) is 0 Å². The molecule has 1 saturated heterocycles. The molecule has 5 heteroatoms. The highest BCUT2D eigenvalue weighted by atomic mass is 16.5. The van der Waals surface area contributed by atoms with Gasteiger partial charge in [0.1, 0.15) is 5.75 Å².